The van der Waals surface area contributed by atoms with Crippen molar-refractivity contribution in [2.45, 2.75) is 25.4 Å². The number of nitrogens with two attached hydrogens (primary N) is 1. The highest BCUT2D eigenvalue weighted by molar-refractivity contribution is 7.80. The third kappa shape index (κ3) is 2.51. The zero-order chi connectivity index (χ0) is 15.2. The van der Waals surface area contributed by atoms with E-state index in [0.717, 1.165) is 47.6 Å². The largest absolute Gasteiger partial charge is 0.419 e. The van der Waals surface area contributed by atoms with E-state index < -0.39 is 11.7 Å². The van der Waals surface area contributed by atoms with Gasteiger partial charge in [0, 0.05) is 11.9 Å². The second-order valence-corrected chi connectivity index (χ2v) is 5.29. The number of fused-ring (bicyclic) bond motifs is 1. The standard InChI is InChI=1S/C13H11F3N4S/c14-13(15,16)8-5-18-20(6-8)12-9(11(17)21)4-7-2-1-3-10(7)19-12/h4-6H,1-3H2,(H2,17,21). The lowest BCUT2D eigenvalue weighted by molar-refractivity contribution is -0.137. The molecule has 0 spiro atoms. The Hall–Kier alpha value is -1.96. The van der Waals surface area contributed by atoms with Crippen molar-refractivity contribution in [1.29, 1.82) is 0 Å². The van der Waals surface area contributed by atoms with E-state index in [-0.39, 0.29) is 10.8 Å². The fourth-order valence-electron chi connectivity index (χ4n) is 2.40. The van der Waals surface area contributed by atoms with Gasteiger partial charge < -0.3 is 5.73 Å². The van der Waals surface area contributed by atoms with Gasteiger partial charge >= 0.3 is 6.18 Å². The van der Waals surface area contributed by atoms with E-state index in [9.17, 15) is 13.2 Å². The minimum Gasteiger partial charge on any atom is -0.389 e. The van der Waals surface area contributed by atoms with Gasteiger partial charge in [0.1, 0.15) is 4.99 Å². The van der Waals surface area contributed by atoms with Crippen LogP contribution in [-0.4, -0.2) is 19.8 Å². The normalized spacial score (nSPS) is 14.2. The Morgan fingerprint density at radius 1 is 1.33 bits per heavy atom. The van der Waals surface area contributed by atoms with Crippen LogP contribution >= 0.6 is 12.2 Å². The van der Waals surface area contributed by atoms with Gasteiger partial charge in [0.25, 0.3) is 0 Å². The maximum atomic E-state index is 12.7. The predicted molar refractivity (Wildman–Crippen MR) is 74.3 cm³/mol. The minimum atomic E-state index is -4.45. The van der Waals surface area contributed by atoms with Gasteiger partial charge in [0.2, 0.25) is 0 Å². The number of rotatable bonds is 2. The van der Waals surface area contributed by atoms with Crippen molar-refractivity contribution in [3.8, 4) is 5.82 Å². The minimum absolute atomic E-state index is 0.0938. The smallest absolute Gasteiger partial charge is 0.389 e. The topological polar surface area (TPSA) is 56.7 Å². The Morgan fingerprint density at radius 2 is 2.10 bits per heavy atom. The summed E-state index contributed by atoms with van der Waals surface area (Å²) < 4.78 is 39.1. The molecule has 110 valence electrons. The summed E-state index contributed by atoms with van der Waals surface area (Å²) in [5.41, 5.74) is 7.19. The molecule has 2 heterocycles. The van der Waals surface area contributed by atoms with Crippen molar-refractivity contribution < 1.29 is 13.2 Å². The molecule has 0 aromatic carbocycles. The molecule has 21 heavy (non-hydrogen) atoms. The molecule has 2 aromatic rings. The van der Waals surface area contributed by atoms with Crippen LogP contribution in [0.2, 0.25) is 0 Å². The molecule has 0 radical (unpaired) electrons. The molecular weight excluding hydrogens is 301 g/mol. The molecular formula is C13H11F3N4S. The molecule has 0 saturated heterocycles. The first kappa shape index (κ1) is 14.0. The number of alkyl halides is 3. The number of aromatic nitrogens is 3. The van der Waals surface area contributed by atoms with Crippen molar-refractivity contribution in [2.24, 2.45) is 5.73 Å². The summed E-state index contributed by atoms with van der Waals surface area (Å²) in [5.74, 6) is 0.249. The van der Waals surface area contributed by atoms with Crippen molar-refractivity contribution in [3.05, 3.63) is 40.8 Å². The Labute approximate surface area is 123 Å². The lowest BCUT2D eigenvalue weighted by Gasteiger charge is -2.10. The number of hydrogen-bond acceptors (Lipinski definition) is 3. The molecule has 3 rings (SSSR count). The van der Waals surface area contributed by atoms with Crippen LogP contribution in [0.5, 0.6) is 0 Å². The zero-order valence-corrected chi connectivity index (χ0v) is 11.6. The average molecular weight is 312 g/mol. The summed E-state index contributed by atoms with van der Waals surface area (Å²) in [6.07, 6.45) is -0.143. The highest BCUT2D eigenvalue weighted by Crippen LogP contribution is 2.30. The van der Waals surface area contributed by atoms with Gasteiger partial charge in [-0.2, -0.15) is 18.3 Å². The van der Waals surface area contributed by atoms with Crippen LogP contribution in [0.1, 0.15) is 28.8 Å². The Bertz CT molecular complexity index is 721. The fraction of sp³-hybridized carbons (Fsp3) is 0.308. The quantitative estimate of drug-likeness (QED) is 0.865. The molecule has 0 atom stereocenters. The van der Waals surface area contributed by atoms with E-state index in [1.807, 2.05) is 6.07 Å². The van der Waals surface area contributed by atoms with Gasteiger partial charge in [-0.3, -0.25) is 0 Å². The summed E-state index contributed by atoms with van der Waals surface area (Å²) in [7, 11) is 0. The number of pyridine rings is 1. The maximum Gasteiger partial charge on any atom is 0.419 e. The van der Waals surface area contributed by atoms with E-state index in [4.69, 9.17) is 18.0 Å². The summed E-state index contributed by atoms with van der Waals surface area (Å²) in [5, 5.41) is 3.74. The van der Waals surface area contributed by atoms with Gasteiger partial charge in [0.05, 0.1) is 17.3 Å². The lowest BCUT2D eigenvalue weighted by Crippen LogP contribution is -2.16. The number of hydrogen-bond donors (Lipinski definition) is 1. The first-order valence-electron chi connectivity index (χ1n) is 6.31. The van der Waals surface area contributed by atoms with Crippen LogP contribution in [0.3, 0.4) is 0 Å². The van der Waals surface area contributed by atoms with Crippen molar-refractivity contribution in [2.75, 3.05) is 0 Å². The third-order valence-corrected chi connectivity index (χ3v) is 3.64. The van der Waals surface area contributed by atoms with Crippen LogP contribution in [0.15, 0.2) is 18.5 Å². The molecule has 0 fully saturated rings. The van der Waals surface area contributed by atoms with Crippen LogP contribution in [-0.2, 0) is 19.0 Å². The first-order valence-corrected chi connectivity index (χ1v) is 6.72. The summed E-state index contributed by atoms with van der Waals surface area (Å²) in [6, 6.07) is 1.81. The molecule has 4 nitrogen and oxygen atoms in total. The molecule has 2 aromatic heterocycles. The Kier molecular flexibility index (Phi) is 3.20. The highest BCUT2D eigenvalue weighted by atomic mass is 32.1. The van der Waals surface area contributed by atoms with Crippen LogP contribution in [0, 0.1) is 0 Å². The molecule has 0 aliphatic heterocycles. The monoisotopic (exact) mass is 312 g/mol. The Balaban J connectivity index is 2.13. The van der Waals surface area contributed by atoms with Gasteiger partial charge in [-0.15, -0.1) is 0 Å². The molecule has 2 N–H and O–H groups in total. The van der Waals surface area contributed by atoms with E-state index in [1.54, 1.807) is 0 Å². The van der Waals surface area contributed by atoms with Crippen molar-refractivity contribution in [3.63, 3.8) is 0 Å². The highest BCUT2D eigenvalue weighted by Gasteiger charge is 2.32. The number of thiocarbonyl (C=S) groups is 1. The molecule has 0 unspecified atom stereocenters. The van der Waals surface area contributed by atoms with Gasteiger partial charge in [0.15, 0.2) is 5.82 Å². The molecule has 0 amide bonds. The van der Waals surface area contributed by atoms with Crippen molar-refractivity contribution in [1.82, 2.24) is 14.8 Å². The molecule has 8 heteroatoms. The average Bonchev–Trinajstić information content (AvgIpc) is 3.05. The second kappa shape index (κ2) is 4.80. The second-order valence-electron chi connectivity index (χ2n) is 4.85. The van der Waals surface area contributed by atoms with Crippen LogP contribution in [0.4, 0.5) is 13.2 Å². The van der Waals surface area contributed by atoms with E-state index in [2.05, 4.69) is 10.1 Å². The lowest BCUT2D eigenvalue weighted by atomic mass is 10.1. The Morgan fingerprint density at radius 3 is 2.71 bits per heavy atom. The SMILES string of the molecule is NC(=S)c1cc2c(nc1-n1cc(C(F)(F)F)cn1)CCC2. The maximum absolute atomic E-state index is 12.7. The van der Waals surface area contributed by atoms with Crippen molar-refractivity contribution >= 4 is 17.2 Å². The molecule has 0 bridgehead atoms. The van der Waals surface area contributed by atoms with Crippen LogP contribution < -0.4 is 5.73 Å². The zero-order valence-electron chi connectivity index (χ0n) is 10.8. The van der Waals surface area contributed by atoms with E-state index in [1.165, 1.54) is 0 Å². The summed E-state index contributed by atoms with van der Waals surface area (Å²) in [4.78, 5) is 4.50. The number of aryl methyl sites for hydroxylation is 2. The van der Waals surface area contributed by atoms with Crippen LogP contribution in [0.25, 0.3) is 5.82 Å². The third-order valence-electron chi connectivity index (χ3n) is 3.42. The number of nitrogens with zero attached hydrogens (tertiary/aromatic N) is 3. The molecule has 1 aliphatic rings. The molecule has 0 saturated carbocycles. The summed E-state index contributed by atoms with van der Waals surface area (Å²) >= 11 is 4.98. The van der Waals surface area contributed by atoms with Gasteiger partial charge in [-0.25, -0.2) is 9.67 Å². The molecule has 1 aliphatic carbocycles. The number of halogens is 3. The predicted octanol–water partition coefficient (Wildman–Crippen LogP) is 2.41. The van der Waals surface area contributed by atoms with E-state index in [0.29, 0.717) is 5.56 Å². The van der Waals surface area contributed by atoms with E-state index >= 15 is 0 Å². The fourth-order valence-corrected chi connectivity index (χ4v) is 2.55. The van der Waals surface area contributed by atoms with Gasteiger partial charge in [-0.1, -0.05) is 12.2 Å². The first-order chi connectivity index (χ1) is 9.86. The summed E-state index contributed by atoms with van der Waals surface area (Å²) in [6.45, 7) is 0. The van der Waals surface area contributed by atoms with Gasteiger partial charge in [-0.05, 0) is 30.9 Å².